The number of allylic oxidation sites excluding steroid dienone is 1. The van der Waals surface area contributed by atoms with Crippen molar-refractivity contribution in [2.75, 3.05) is 17.2 Å². The topological polar surface area (TPSA) is 84.5 Å². The van der Waals surface area contributed by atoms with Gasteiger partial charge in [0, 0.05) is 23.9 Å². The fraction of sp³-hybridized carbons (Fsp3) is 0.115. The predicted molar refractivity (Wildman–Crippen MR) is 126 cm³/mol. The van der Waals surface area contributed by atoms with Gasteiger partial charge in [0.2, 0.25) is 5.91 Å². The Morgan fingerprint density at radius 1 is 0.875 bits per heavy atom. The third-order valence-electron chi connectivity index (χ3n) is 4.48. The number of hydrogen-bond acceptors (Lipinski definition) is 4. The first-order chi connectivity index (χ1) is 15.4. The maximum Gasteiger partial charge on any atom is 0.262 e. The Kier molecular flexibility index (Phi) is 7.54. The van der Waals surface area contributed by atoms with E-state index in [2.05, 4.69) is 10.6 Å². The average Bonchev–Trinajstić information content (AvgIpc) is 2.78. The molecule has 0 unspecified atom stereocenters. The molecule has 0 radical (unpaired) electrons. The fourth-order valence-electron chi connectivity index (χ4n) is 2.88. The largest absolute Gasteiger partial charge is 0.484 e. The van der Waals surface area contributed by atoms with Crippen LogP contribution in [0.4, 0.5) is 11.4 Å². The number of amides is 2. The van der Waals surface area contributed by atoms with E-state index in [9.17, 15) is 14.4 Å². The van der Waals surface area contributed by atoms with Crippen LogP contribution in [0.3, 0.4) is 0 Å². The average molecular weight is 428 g/mol. The van der Waals surface area contributed by atoms with Gasteiger partial charge >= 0.3 is 0 Å². The zero-order valence-electron chi connectivity index (χ0n) is 17.9. The summed E-state index contributed by atoms with van der Waals surface area (Å²) in [6, 6.07) is 21.3. The van der Waals surface area contributed by atoms with Crippen LogP contribution in [-0.4, -0.2) is 24.2 Å². The number of carbonyl (C=O) groups excluding carboxylic acids is 3. The number of anilines is 2. The zero-order chi connectivity index (χ0) is 22.9. The molecular weight excluding hydrogens is 404 g/mol. The van der Waals surface area contributed by atoms with E-state index in [0.29, 0.717) is 22.7 Å². The van der Waals surface area contributed by atoms with E-state index < -0.39 is 0 Å². The number of ether oxygens (including phenoxy) is 1. The van der Waals surface area contributed by atoms with Gasteiger partial charge in [0.1, 0.15) is 5.75 Å². The Bertz CT molecular complexity index is 1130. The lowest BCUT2D eigenvalue weighted by atomic mass is 10.1. The SMILES string of the molecule is CC(=O)Nc1ccc(OCC(=O)Nc2cccc(C(=O)/C=C/c3ccc(C)cc3)c2)cc1. The first kappa shape index (κ1) is 22.5. The van der Waals surface area contributed by atoms with Gasteiger partial charge in [-0.05, 0) is 55.0 Å². The van der Waals surface area contributed by atoms with Crippen molar-refractivity contribution in [2.24, 2.45) is 0 Å². The summed E-state index contributed by atoms with van der Waals surface area (Å²) in [5, 5.41) is 5.39. The highest BCUT2D eigenvalue weighted by molar-refractivity contribution is 6.07. The van der Waals surface area contributed by atoms with Gasteiger partial charge in [-0.1, -0.05) is 48.0 Å². The van der Waals surface area contributed by atoms with Gasteiger partial charge in [-0.25, -0.2) is 0 Å². The molecule has 0 aliphatic heterocycles. The Morgan fingerprint density at radius 2 is 1.59 bits per heavy atom. The molecule has 0 spiro atoms. The van der Waals surface area contributed by atoms with Crippen molar-refractivity contribution in [2.45, 2.75) is 13.8 Å². The fourth-order valence-corrected chi connectivity index (χ4v) is 2.88. The number of ketones is 1. The maximum absolute atomic E-state index is 12.5. The van der Waals surface area contributed by atoms with Gasteiger partial charge in [0.05, 0.1) is 0 Å². The molecule has 6 heteroatoms. The quantitative estimate of drug-likeness (QED) is 0.396. The van der Waals surface area contributed by atoms with Crippen LogP contribution in [0, 0.1) is 6.92 Å². The molecule has 0 fully saturated rings. The highest BCUT2D eigenvalue weighted by Crippen LogP contribution is 2.16. The third kappa shape index (κ3) is 6.95. The van der Waals surface area contributed by atoms with E-state index in [1.54, 1.807) is 54.6 Å². The lowest BCUT2D eigenvalue weighted by Gasteiger charge is -2.09. The van der Waals surface area contributed by atoms with E-state index in [1.165, 1.54) is 13.0 Å². The lowest BCUT2D eigenvalue weighted by molar-refractivity contribution is -0.118. The molecule has 2 N–H and O–H groups in total. The summed E-state index contributed by atoms with van der Waals surface area (Å²) in [5.74, 6) is -0.170. The molecule has 3 aromatic carbocycles. The second-order valence-corrected chi connectivity index (χ2v) is 7.23. The van der Waals surface area contributed by atoms with Crippen LogP contribution >= 0.6 is 0 Å². The zero-order valence-corrected chi connectivity index (χ0v) is 17.9. The molecule has 0 aliphatic rings. The Labute approximate surface area is 186 Å². The number of nitrogens with one attached hydrogen (secondary N) is 2. The molecule has 0 atom stereocenters. The van der Waals surface area contributed by atoms with Crippen molar-refractivity contribution in [1.29, 1.82) is 0 Å². The van der Waals surface area contributed by atoms with Gasteiger partial charge < -0.3 is 15.4 Å². The molecular formula is C26H24N2O4. The molecule has 3 aromatic rings. The minimum atomic E-state index is -0.351. The molecule has 2 amide bonds. The predicted octanol–water partition coefficient (Wildman–Crippen LogP) is 4.87. The summed E-state index contributed by atoms with van der Waals surface area (Å²) >= 11 is 0. The normalized spacial score (nSPS) is 10.6. The monoisotopic (exact) mass is 428 g/mol. The van der Waals surface area contributed by atoms with Gasteiger partial charge in [-0.2, -0.15) is 0 Å². The lowest BCUT2D eigenvalue weighted by Crippen LogP contribution is -2.20. The first-order valence-corrected chi connectivity index (χ1v) is 10.1. The Balaban J connectivity index is 1.54. The number of rotatable bonds is 8. The second kappa shape index (κ2) is 10.7. The van der Waals surface area contributed by atoms with Crippen LogP contribution in [0.2, 0.25) is 0 Å². The Morgan fingerprint density at radius 3 is 2.28 bits per heavy atom. The Hall–Kier alpha value is -4.19. The van der Waals surface area contributed by atoms with Crippen molar-refractivity contribution in [1.82, 2.24) is 0 Å². The molecule has 6 nitrogen and oxygen atoms in total. The van der Waals surface area contributed by atoms with Crippen LogP contribution in [0.15, 0.2) is 78.9 Å². The molecule has 0 saturated heterocycles. The van der Waals surface area contributed by atoms with Gasteiger partial charge in [-0.15, -0.1) is 0 Å². The molecule has 0 aliphatic carbocycles. The summed E-state index contributed by atoms with van der Waals surface area (Å²) in [6.07, 6.45) is 3.28. The smallest absolute Gasteiger partial charge is 0.262 e. The van der Waals surface area contributed by atoms with E-state index in [0.717, 1.165) is 11.1 Å². The minimum Gasteiger partial charge on any atom is -0.484 e. The first-order valence-electron chi connectivity index (χ1n) is 10.1. The van der Waals surface area contributed by atoms with Crippen molar-refractivity contribution in [3.8, 4) is 5.75 Å². The number of benzene rings is 3. The third-order valence-corrected chi connectivity index (χ3v) is 4.48. The van der Waals surface area contributed by atoms with E-state index in [1.807, 2.05) is 31.2 Å². The van der Waals surface area contributed by atoms with Crippen molar-refractivity contribution in [3.05, 3.63) is 95.6 Å². The molecule has 0 bridgehead atoms. The molecule has 0 aromatic heterocycles. The van der Waals surface area contributed by atoms with Crippen LogP contribution in [0.5, 0.6) is 5.75 Å². The standard InChI is InChI=1S/C26H24N2O4/c1-18-6-8-20(9-7-18)10-15-25(30)21-4-3-5-23(16-21)28-26(31)17-32-24-13-11-22(12-14-24)27-19(2)29/h3-16H,17H2,1-2H3,(H,27,29)(H,28,31)/b15-10+. The van der Waals surface area contributed by atoms with Crippen LogP contribution < -0.4 is 15.4 Å². The maximum atomic E-state index is 12.5. The minimum absolute atomic E-state index is 0.155. The van der Waals surface area contributed by atoms with Gasteiger partial charge in [-0.3, -0.25) is 14.4 Å². The van der Waals surface area contributed by atoms with Crippen LogP contribution in [0.1, 0.15) is 28.4 Å². The summed E-state index contributed by atoms with van der Waals surface area (Å²) in [7, 11) is 0. The van der Waals surface area contributed by atoms with Crippen LogP contribution in [0.25, 0.3) is 6.08 Å². The van der Waals surface area contributed by atoms with E-state index in [-0.39, 0.29) is 24.2 Å². The summed E-state index contributed by atoms with van der Waals surface area (Å²) < 4.78 is 5.47. The van der Waals surface area contributed by atoms with Crippen LogP contribution in [-0.2, 0) is 9.59 Å². The summed E-state index contributed by atoms with van der Waals surface area (Å²) in [4.78, 5) is 35.7. The molecule has 3 rings (SSSR count). The van der Waals surface area contributed by atoms with Crippen molar-refractivity contribution in [3.63, 3.8) is 0 Å². The number of hydrogen-bond donors (Lipinski definition) is 2. The van der Waals surface area contributed by atoms with Crippen molar-refractivity contribution >= 4 is 35.0 Å². The summed E-state index contributed by atoms with van der Waals surface area (Å²) in [5.41, 5.74) is 3.72. The molecule has 162 valence electrons. The van der Waals surface area contributed by atoms with E-state index >= 15 is 0 Å². The van der Waals surface area contributed by atoms with Gasteiger partial charge in [0.25, 0.3) is 5.91 Å². The van der Waals surface area contributed by atoms with E-state index in [4.69, 9.17) is 4.74 Å². The molecule has 0 heterocycles. The highest BCUT2D eigenvalue weighted by atomic mass is 16.5. The van der Waals surface area contributed by atoms with Gasteiger partial charge in [0.15, 0.2) is 12.4 Å². The number of aryl methyl sites for hydroxylation is 1. The number of carbonyl (C=O) groups is 3. The highest BCUT2D eigenvalue weighted by Gasteiger charge is 2.07. The van der Waals surface area contributed by atoms with Crippen molar-refractivity contribution < 1.29 is 19.1 Å². The summed E-state index contributed by atoms with van der Waals surface area (Å²) in [6.45, 7) is 3.25. The molecule has 0 saturated carbocycles. The second-order valence-electron chi connectivity index (χ2n) is 7.23. The molecule has 32 heavy (non-hydrogen) atoms.